The van der Waals surface area contributed by atoms with Crippen LogP contribution in [-0.2, 0) is 0 Å². The van der Waals surface area contributed by atoms with E-state index in [4.69, 9.17) is 4.74 Å². The number of methoxy groups -OCH3 is 1. The fraction of sp³-hybridized carbons (Fsp3) is 0.636. The van der Waals surface area contributed by atoms with Crippen molar-refractivity contribution in [2.45, 2.75) is 26.2 Å². The van der Waals surface area contributed by atoms with Gasteiger partial charge in [-0.2, -0.15) is 0 Å². The summed E-state index contributed by atoms with van der Waals surface area (Å²) < 4.78 is 5.03. The average molecular weight is 223 g/mol. The van der Waals surface area contributed by atoms with Gasteiger partial charge in [0.15, 0.2) is 5.82 Å². The van der Waals surface area contributed by atoms with Crippen LogP contribution in [0, 0.1) is 5.41 Å². The minimum atomic E-state index is -0.249. The monoisotopic (exact) mass is 223 g/mol. The van der Waals surface area contributed by atoms with Crippen LogP contribution in [0.3, 0.4) is 0 Å². The Morgan fingerprint density at radius 1 is 1.62 bits per heavy atom. The van der Waals surface area contributed by atoms with Crippen LogP contribution in [0.15, 0.2) is 11.1 Å². The van der Waals surface area contributed by atoms with E-state index in [1.165, 1.54) is 26.3 Å². The molecular weight excluding hydrogens is 206 g/mol. The lowest BCUT2D eigenvalue weighted by Gasteiger charge is -2.14. The van der Waals surface area contributed by atoms with Gasteiger partial charge in [0.05, 0.1) is 13.4 Å². The Labute approximate surface area is 94.2 Å². The molecule has 0 aliphatic heterocycles. The SMILES string of the molecule is CCC1(CNc2nc[nH]c(=O)c2OC)CC1. The summed E-state index contributed by atoms with van der Waals surface area (Å²) >= 11 is 0. The van der Waals surface area contributed by atoms with Crippen LogP contribution in [0.25, 0.3) is 0 Å². The second-order valence-electron chi connectivity index (χ2n) is 4.32. The Hall–Kier alpha value is -1.52. The van der Waals surface area contributed by atoms with Gasteiger partial charge in [0.25, 0.3) is 5.56 Å². The first-order valence-corrected chi connectivity index (χ1v) is 5.56. The molecule has 5 heteroatoms. The summed E-state index contributed by atoms with van der Waals surface area (Å²) in [6.45, 7) is 3.05. The molecule has 88 valence electrons. The van der Waals surface area contributed by atoms with Gasteiger partial charge in [0.1, 0.15) is 0 Å². The Bertz CT molecular complexity index is 423. The predicted molar refractivity (Wildman–Crippen MR) is 61.9 cm³/mol. The van der Waals surface area contributed by atoms with Crippen LogP contribution in [0.5, 0.6) is 5.75 Å². The number of nitrogens with zero attached hydrogens (tertiary/aromatic N) is 1. The second-order valence-corrected chi connectivity index (χ2v) is 4.32. The molecule has 1 aromatic rings. The molecule has 0 aromatic carbocycles. The van der Waals surface area contributed by atoms with Gasteiger partial charge in [0.2, 0.25) is 5.75 Å². The fourth-order valence-corrected chi connectivity index (χ4v) is 1.81. The zero-order valence-corrected chi connectivity index (χ0v) is 9.67. The van der Waals surface area contributed by atoms with Crippen molar-refractivity contribution in [3.63, 3.8) is 0 Å². The molecule has 1 fully saturated rings. The molecule has 1 aliphatic carbocycles. The number of aromatic nitrogens is 2. The highest BCUT2D eigenvalue weighted by Crippen LogP contribution is 2.48. The largest absolute Gasteiger partial charge is 0.489 e. The summed E-state index contributed by atoms with van der Waals surface area (Å²) in [5.74, 6) is 0.792. The molecule has 0 unspecified atom stereocenters. The number of rotatable bonds is 5. The van der Waals surface area contributed by atoms with E-state index in [9.17, 15) is 4.79 Å². The Morgan fingerprint density at radius 3 is 2.94 bits per heavy atom. The smallest absolute Gasteiger partial charge is 0.295 e. The molecule has 0 spiro atoms. The number of H-pyrrole nitrogens is 1. The fourth-order valence-electron chi connectivity index (χ4n) is 1.81. The summed E-state index contributed by atoms with van der Waals surface area (Å²) in [6.07, 6.45) is 5.05. The van der Waals surface area contributed by atoms with Crippen LogP contribution >= 0.6 is 0 Å². The molecular formula is C11H17N3O2. The third-order valence-electron chi connectivity index (χ3n) is 3.35. The molecule has 1 aromatic heterocycles. The third kappa shape index (κ3) is 2.03. The van der Waals surface area contributed by atoms with E-state index in [1.54, 1.807) is 0 Å². The zero-order valence-electron chi connectivity index (χ0n) is 9.67. The Morgan fingerprint density at radius 2 is 2.38 bits per heavy atom. The van der Waals surface area contributed by atoms with Gasteiger partial charge < -0.3 is 15.0 Å². The molecule has 0 amide bonds. The maximum atomic E-state index is 11.4. The van der Waals surface area contributed by atoms with Crippen LogP contribution in [0.4, 0.5) is 5.82 Å². The van der Waals surface area contributed by atoms with Crippen molar-refractivity contribution < 1.29 is 4.74 Å². The number of anilines is 1. The van der Waals surface area contributed by atoms with Crippen molar-refractivity contribution in [2.75, 3.05) is 19.0 Å². The minimum absolute atomic E-state index is 0.249. The maximum Gasteiger partial charge on any atom is 0.295 e. The molecule has 0 saturated heterocycles. The van der Waals surface area contributed by atoms with Crippen LogP contribution in [0.2, 0.25) is 0 Å². The lowest BCUT2D eigenvalue weighted by molar-refractivity contribution is 0.407. The van der Waals surface area contributed by atoms with Gasteiger partial charge in [-0.25, -0.2) is 4.98 Å². The van der Waals surface area contributed by atoms with Gasteiger partial charge in [-0.3, -0.25) is 4.79 Å². The number of aromatic amines is 1. The van der Waals surface area contributed by atoms with E-state index in [-0.39, 0.29) is 11.3 Å². The van der Waals surface area contributed by atoms with E-state index in [0.29, 0.717) is 11.2 Å². The summed E-state index contributed by atoms with van der Waals surface area (Å²) in [5, 5.41) is 3.20. The molecule has 2 N–H and O–H groups in total. The predicted octanol–water partition coefficient (Wildman–Crippen LogP) is 1.38. The topological polar surface area (TPSA) is 67.0 Å². The van der Waals surface area contributed by atoms with Crippen molar-refractivity contribution in [3.8, 4) is 5.75 Å². The van der Waals surface area contributed by atoms with Gasteiger partial charge in [-0.1, -0.05) is 6.92 Å². The third-order valence-corrected chi connectivity index (χ3v) is 3.35. The quantitative estimate of drug-likeness (QED) is 0.791. The van der Waals surface area contributed by atoms with Crippen molar-refractivity contribution in [3.05, 3.63) is 16.7 Å². The molecule has 0 bridgehead atoms. The number of ether oxygens (including phenoxy) is 1. The molecule has 1 aliphatic rings. The Kier molecular flexibility index (Phi) is 2.85. The molecule has 0 atom stereocenters. The zero-order chi connectivity index (χ0) is 11.6. The van der Waals surface area contributed by atoms with Gasteiger partial charge in [-0.15, -0.1) is 0 Å². The Balaban J connectivity index is 2.09. The highest BCUT2D eigenvalue weighted by molar-refractivity contribution is 5.48. The normalized spacial score (nSPS) is 16.9. The van der Waals surface area contributed by atoms with Crippen molar-refractivity contribution in [1.29, 1.82) is 0 Å². The lowest BCUT2D eigenvalue weighted by atomic mass is 10.0. The summed E-state index contributed by atoms with van der Waals surface area (Å²) in [5.41, 5.74) is 0.163. The van der Waals surface area contributed by atoms with Gasteiger partial charge in [-0.05, 0) is 24.7 Å². The minimum Gasteiger partial charge on any atom is -0.489 e. The first kappa shape index (κ1) is 11.0. The van der Waals surface area contributed by atoms with Crippen molar-refractivity contribution in [1.82, 2.24) is 9.97 Å². The molecule has 1 heterocycles. The molecule has 0 radical (unpaired) electrons. The summed E-state index contributed by atoms with van der Waals surface area (Å²) in [6, 6.07) is 0. The van der Waals surface area contributed by atoms with Crippen molar-refractivity contribution >= 4 is 5.82 Å². The number of hydrogen-bond donors (Lipinski definition) is 2. The molecule has 5 nitrogen and oxygen atoms in total. The lowest BCUT2D eigenvalue weighted by Crippen LogP contribution is -2.19. The second kappa shape index (κ2) is 4.15. The van der Waals surface area contributed by atoms with E-state index in [0.717, 1.165) is 13.0 Å². The molecule has 1 saturated carbocycles. The highest BCUT2D eigenvalue weighted by Gasteiger charge is 2.40. The van der Waals surface area contributed by atoms with Gasteiger partial charge in [0, 0.05) is 6.54 Å². The summed E-state index contributed by atoms with van der Waals surface area (Å²) in [4.78, 5) is 18.0. The van der Waals surface area contributed by atoms with Crippen LogP contribution < -0.4 is 15.6 Å². The maximum absolute atomic E-state index is 11.4. The van der Waals surface area contributed by atoms with Gasteiger partial charge >= 0.3 is 0 Å². The van der Waals surface area contributed by atoms with E-state index < -0.39 is 0 Å². The summed E-state index contributed by atoms with van der Waals surface area (Å²) in [7, 11) is 1.48. The van der Waals surface area contributed by atoms with Crippen LogP contribution in [0.1, 0.15) is 26.2 Å². The van der Waals surface area contributed by atoms with Crippen LogP contribution in [-0.4, -0.2) is 23.6 Å². The first-order valence-electron chi connectivity index (χ1n) is 5.56. The van der Waals surface area contributed by atoms with E-state index >= 15 is 0 Å². The van der Waals surface area contributed by atoms with Crippen molar-refractivity contribution in [2.24, 2.45) is 5.41 Å². The average Bonchev–Trinajstić information content (AvgIpc) is 3.07. The molecule has 16 heavy (non-hydrogen) atoms. The number of nitrogens with one attached hydrogen (secondary N) is 2. The van der Waals surface area contributed by atoms with E-state index in [2.05, 4.69) is 22.2 Å². The highest BCUT2D eigenvalue weighted by atomic mass is 16.5. The first-order chi connectivity index (χ1) is 7.71. The van der Waals surface area contributed by atoms with E-state index in [1.807, 2.05) is 0 Å². The standard InChI is InChI=1S/C11H17N3O2/c1-3-11(4-5-11)6-12-9-8(16-2)10(15)14-7-13-9/h7H,3-6H2,1-2H3,(H2,12,13,14,15). The number of hydrogen-bond acceptors (Lipinski definition) is 4. The molecule has 2 rings (SSSR count).